The Kier molecular flexibility index (Phi) is 6.77. The first kappa shape index (κ1) is 22.2. The summed E-state index contributed by atoms with van der Waals surface area (Å²) in [5.41, 5.74) is 0.511. The van der Waals surface area contributed by atoms with Crippen LogP contribution in [0, 0.1) is 5.92 Å². The maximum atomic E-state index is 13.0. The van der Waals surface area contributed by atoms with Crippen molar-refractivity contribution in [1.82, 2.24) is 4.90 Å². The molecule has 0 aliphatic carbocycles. The number of benzene rings is 2. The van der Waals surface area contributed by atoms with Crippen molar-refractivity contribution in [3.8, 4) is 11.5 Å². The number of amides is 1. The SMILES string of the molecule is COc1ccc(NS(=O)(=O)c2ccc(OC)c(C(=O)N3CCC(C)CC3)c2)cc1Cl. The van der Waals surface area contributed by atoms with Gasteiger partial charge in [-0.15, -0.1) is 0 Å². The standard InChI is InChI=1S/C21H25ClN2O5S/c1-14-8-10-24(11-9-14)21(25)17-13-16(5-7-19(17)28-2)30(26,27)23-15-4-6-20(29-3)18(22)12-15/h4-7,12-14,23H,8-11H2,1-3H3. The molecule has 7 nitrogen and oxygen atoms in total. The second-order valence-corrected chi connectivity index (χ2v) is 9.38. The number of hydrogen-bond donors (Lipinski definition) is 1. The van der Waals surface area contributed by atoms with Gasteiger partial charge in [0, 0.05) is 13.1 Å². The van der Waals surface area contributed by atoms with Gasteiger partial charge >= 0.3 is 0 Å². The van der Waals surface area contributed by atoms with Crippen LogP contribution in [-0.2, 0) is 10.0 Å². The number of ether oxygens (including phenoxy) is 2. The number of anilines is 1. The summed E-state index contributed by atoms with van der Waals surface area (Å²) >= 11 is 6.08. The number of methoxy groups -OCH3 is 2. The summed E-state index contributed by atoms with van der Waals surface area (Å²) in [5, 5.41) is 0.280. The minimum absolute atomic E-state index is 0.0380. The molecule has 2 aromatic rings. The average molecular weight is 453 g/mol. The minimum Gasteiger partial charge on any atom is -0.496 e. The van der Waals surface area contributed by atoms with Gasteiger partial charge in [0.1, 0.15) is 11.5 Å². The lowest BCUT2D eigenvalue weighted by Crippen LogP contribution is -2.38. The fourth-order valence-electron chi connectivity index (χ4n) is 3.35. The van der Waals surface area contributed by atoms with Crippen LogP contribution < -0.4 is 14.2 Å². The van der Waals surface area contributed by atoms with Crippen LogP contribution in [0.5, 0.6) is 11.5 Å². The topological polar surface area (TPSA) is 84.9 Å². The zero-order valence-corrected chi connectivity index (χ0v) is 18.7. The predicted octanol–water partition coefficient (Wildman–Crippen LogP) is 4.03. The third-order valence-corrected chi connectivity index (χ3v) is 6.86. The smallest absolute Gasteiger partial charge is 0.261 e. The van der Waals surface area contributed by atoms with Crippen LogP contribution >= 0.6 is 11.6 Å². The van der Waals surface area contributed by atoms with E-state index in [-0.39, 0.29) is 27.1 Å². The van der Waals surface area contributed by atoms with E-state index in [2.05, 4.69) is 11.6 Å². The van der Waals surface area contributed by atoms with Crippen molar-refractivity contribution in [3.05, 3.63) is 47.0 Å². The molecule has 0 bridgehead atoms. The number of sulfonamides is 1. The minimum atomic E-state index is -3.95. The number of likely N-dealkylation sites (tertiary alicyclic amines) is 1. The van der Waals surface area contributed by atoms with Crippen LogP contribution in [0.2, 0.25) is 5.02 Å². The van der Waals surface area contributed by atoms with Crippen molar-refractivity contribution in [1.29, 1.82) is 0 Å². The van der Waals surface area contributed by atoms with Gasteiger partial charge in [0.15, 0.2) is 0 Å². The number of rotatable bonds is 6. The predicted molar refractivity (Wildman–Crippen MR) is 116 cm³/mol. The second-order valence-electron chi connectivity index (χ2n) is 7.29. The molecule has 1 saturated heterocycles. The third kappa shape index (κ3) is 4.82. The first-order valence-corrected chi connectivity index (χ1v) is 11.4. The van der Waals surface area contributed by atoms with E-state index in [0.717, 1.165) is 12.8 Å². The van der Waals surface area contributed by atoms with E-state index in [1.165, 1.54) is 38.5 Å². The van der Waals surface area contributed by atoms with Crippen molar-refractivity contribution in [2.45, 2.75) is 24.7 Å². The highest BCUT2D eigenvalue weighted by Crippen LogP contribution is 2.30. The molecule has 1 amide bonds. The zero-order valence-electron chi connectivity index (χ0n) is 17.1. The van der Waals surface area contributed by atoms with E-state index >= 15 is 0 Å². The maximum Gasteiger partial charge on any atom is 0.261 e. The number of nitrogens with zero attached hydrogens (tertiary/aromatic N) is 1. The van der Waals surface area contributed by atoms with Crippen molar-refractivity contribution in [2.24, 2.45) is 5.92 Å². The van der Waals surface area contributed by atoms with Gasteiger partial charge in [-0.05, 0) is 55.2 Å². The molecule has 30 heavy (non-hydrogen) atoms. The molecule has 1 N–H and O–H groups in total. The Hall–Kier alpha value is -2.45. The van der Waals surface area contributed by atoms with Gasteiger partial charge in [-0.25, -0.2) is 8.42 Å². The molecule has 0 atom stereocenters. The van der Waals surface area contributed by atoms with E-state index in [9.17, 15) is 13.2 Å². The van der Waals surface area contributed by atoms with Crippen LogP contribution in [0.3, 0.4) is 0 Å². The molecule has 0 saturated carbocycles. The van der Waals surface area contributed by atoms with Gasteiger partial charge in [-0.3, -0.25) is 9.52 Å². The lowest BCUT2D eigenvalue weighted by Gasteiger charge is -2.30. The fourth-order valence-corrected chi connectivity index (χ4v) is 4.68. The number of halogens is 1. The van der Waals surface area contributed by atoms with E-state index in [1.807, 2.05) is 0 Å². The highest BCUT2D eigenvalue weighted by Gasteiger charge is 2.26. The first-order valence-electron chi connectivity index (χ1n) is 9.59. The number of hydrogen-bond acceptors (Lipinski definition) is 5. The average Bonchev–Trinajstić information content (AvgIpc) is 2.73. The number of nitrogens with one attached hydrogen (secondary N) is 1. The summed E-state index contributed by atoms with van der Waals surface area (Å²) in [4.78, 5) is 14.7. The summed E-state index contributed by atoms with van der Waals surface area (Å²) in [5.74, 6) is 1.12. The fraction of sp³-hybridized carbons (Fsp3) is 0.381. The Morgan fingerprint density at radius 2 is 1.70 bits per heavy atom. The molecule has 9 heteroatoms. The van der Waals surface area contributed by atoms with E-state index in [4.69, 9.17) is 21.1 Å². The van der Waals surface area contributed by atoms with Gasteiger partial charge < -0.3 is 14.4 Å². The monoisotopic (exact) mass is 452 g/mol. The van der Waals surface area contributed by atoms with Crippen LogP contribution in [0.25, 0.3) is 0 Å². The third-order valence-electron chi connectivity index (χ3n) is 5.19. The van der Waals surface area contributed by atoms with E-state index in [1.54, 1.807) is 17.0 Å². The zero-order chi connectivity index (χ0) is 21.9. The number of carbonyl (C=O) groups is 1. The molecule has 1 fully saturated rings. The van der Waals surface area contributed by atoms with Gasteiger partial charge in [0.2, 0.25) is 0 Å². The summed E-state index contributed by atoms with van der Waals surface area (Å²) in [6.07, 6.45) is 1.84. The maximum absolute atomic E-state index is 13.0. The Labute approximate surface area is 182 Å². The van der Waals surface area contributed by atoms with E-state index < -0.39 is 10.0 Å². The molecule has 0 aromatic heterocycles. The molecule has 3 rings (SSSR count). The summed E-state index contributed by atoms with van der Waals surface area (Å²) in [6.45, 7) is 3.44. The molecule has 0 spiro atoms. The van der Waals surface area contributed by atoms with Gasteiger partial charge in [0.05, 0.1) is 35.4 Å². The van der Waals surface area contributed by atoms with Crippen LogP contribution in [0.1, 0.15) is 30.1 Å². The molecule has 1 heterocycles. The van der Waals surface area contributed by atoms with Crippen LogP contribution in [0.4, 0.5) is 5.69 Å². The molecule has 1 aliphatic heterocycles. The molecular weight excluding hydrogens is 428 g/mol. The van der Waals surface area contributed by atoms with Crippen LogP contribution in [-0.4, -0.2) is 46.5 Å². The Morgan fingerprint density at radius 3 is 2.30 bits per heavy atom. The van der Waals surface area contributed by atoms with Crippen LogP contribution in [0.15, 0.2) is 41.3 Å². The number of piperidine rings is 1. The molecule has 0 radical (unpaired) electrons. The number of carbonyl (C=O) groups excluding carboxylic acids is 1. The Balaban J connectivity index is 1.89. The highest BCUT2D eigenvalue weighted by atomic mass is 35.5. The first-order chi connectivity index (χ1) is 14.2. The quantitative estimate of drug-likeness (QED) is 0.715. The molecule has 2 aromatic carbocycles. The largest absolute Gasteiger partial charge is 0.496 e. The summed E-state index contributed by atoms with van der Waals surface area (Å²) in [7, 11) is -1.02. The lowest BCUT2D eigenvalue weighted by molar-refractivity contribution is 0.0693. The molecule has 162 valence electrons. The molecule has 0 unspecified atom stereocenters. The van der Waals surface area contributed by atoms with Gasteiger partial charge in [-0.1, -0.05) is 18.5 Å². The molecular formula is C21H25ClN2O5S. The van der Waals surface area contributed by atoms with Gasteiger partial charge in [-0.2, -0.15) is 0 Å². The van der Waals surface area contributed by atoms with Crippen molar-refractivity contribution < 1.29 is 22.7 Å². The Bertz CT molecular complexity index is 1030. The summed E-state index contributed by atoms with van der Waals surface area (Å²) in [6, 6.07) is 8.83. The lowest BCUT2D eigenvalue weighted by atomic mass is 9.98. The summed E-state index contributed by atoms with van der Waals surface area (Å²) < 4.78 is 38.7. The van der Waals surface area contributed by atoms with Crippen molar-refractivity contribution in [3.63, 3.8) is 0 Å². The van der Waals surface area contributed by atoms with Crippen molar-refractivity contribution >= 4 is 33.2 Å². The second kappa shape index (κ2) is 9.14. The highest BCUT2D eigenvalue weighted by molar-refractivity contribution is 7.92. The molecule has 1 aliphatic rings. The normalized spacial score (nSPS) is 15.0. The van der Waals surface area contributed by atoms with Crippen molar-refractivity contribution in [2.75, 3.05) is 32.0 Å². The van der Waals surface area contributed by atoms with Gasteiger partial charge in [0.25, 0.3) is 15.9 Å². The van der Waals surface area contributed by atoms with E-state index in [0.29, 0.717) is 30.5 Å². The Morgan fingerprint density at radius 1 is 1.07 bits per heavy atom.